The van der Waals surface area contributed by atoms with Crippen molar-refractivity contribution in [3.8, 4) is 0 Å². The fourth-order valence-corrected chi connectivity index (χ4v) is 1.47. The third-order valence-corrected chi connectivity index (χ3v) is 2.32. The van der Waals surface area contributed by atoms with Gasteiger partial charge >= 0.3 is 6.09 Å². The largest absolute Gasteiger partial charge is 0.444 e. The van der Waals surface area contributed by atoms with Crippen molar-refractivity contribution < 1.29 is 14.7 Å². The van der Waals surface area contributed by atoms with E-state index in [1.807, 2.05) is 0 Å². The Morgan fingerprint density at radius 2 is 2.11 bits per heavy atom. The highest BCUT2D eigenvalue weighted by atomic mass is 35.5. The number of benzene rings is 1. The zero-order chi connectivity index (χ0) is 14.6. The summed E-state index contributed by atoms with van der Waals surface area (Å²) in [5.74, 6) is -0.0641. The number of nitrogens with zero attached hydrogens (tertiary/aromatic N) is 1. The predicted molar refractivity (Wildman–Crippen MR) is 73.8 cm³/mol. The van der Waals surface area contributed by atoms with Gasteiger partial charge in [0.25, 0.3) is 0 Å². The summed E-state index contributed by atoms with van der Waals surface area (Å²) in [5.41, 5.74) is 5.66. The Morgan fingerprint density at radius 3 is 2.58 bits per heavy atom. The molecule has 6 nitrogen and oxygen atoms in total. The van der Waals surface area contributed by atoms with Crippen molar-refractivity contribution in [1.29, 1.82) is 0 Å². The summed E-state index contributed by atoms with van der Waals surface area (Å²) in [6, 6.07) is 4.58. The van der Waals surface area contributed by atoms with Crippen molar-refractivity contribution >= 4 is 29.2 Å². The molecule has 0 unspecified atom stereocenters. The molecule has 0 bridgehead atoms. The van der Waals surface area contributed by atoms with Crippen LogP contribution >= 0.6 is 11.6 Å². The van der Waals surface area contributed by atoms with Gasteiger partial charge in [0.05, 0.1) is 10.7 Å². The molecule has 0 aromatic heterocycles. The van der Waals surface area contributed by atoms with Crippen molar-refractivity contribution in [2.24, 2.45) is 10.9 Å². The normalized spacial score (nSPS) is 12.1. The first-order valence-corrected chi connectivity index (χ1v) is 5.88. The smallest absolute Gasteiger partial charge is 0.412 e. The van der Waals surface area contributed by atoms with Gasteiger partial charge in [-0.2, -0.15) is 0 Å². The van der Waals surface area contributed by atoms with Crippen LogP contribution in [-0.2, 0) is 4.74 Å². The topological polar surface area (TPSA) is 96.9 Å². The average molecular weight is 286 g/mol. The molecule has 1 amide bonds. The number of carbonyl (C=O) groups is 1. The summed E-state index contributed by atoms with van der Waals surface area (Å²) in [6.07, 6.45) is -0.606. The number of rotatable bonds is 2. The van der Waals surface area contributed by atoms with Crippen LogP contribution in [0.5, 0.6) is 0 Å². The van der Waals surface area contributed by atoms with Crippen LogP contribution in [0.1, 0.15) is 26.3 Å². The summed E-state index contributed by atoms with van der Waals surface area (Å²) >= 11 is 5.98. The Hall–Kier alpha value is -1.95. The number of nitrogens with one attached hydrogen (secondary N) is 1. The monoisotopic (exact) mass is 285 g/mol. The number of amides is 1. The van der Waals surface area contributed by atoms with Crippen LogP contribution in [0.15, 0.2) is 23.4 Å². The van der Waals surface area contributed by atoms with Gasteiger partial charge in [-0.25, -0.2) is 4.79 Å². The highest BCUT2D eigenvalue weighted by molar-refractivity contribution is 6.34. The first kappa shape index (κ1) is 15.1. The third-order valence-electron chi connectivity index (χ3n) is 2.01. The van der Waals surface area contributed by atoms with E-state index in [9.17, 15) is 4.79 Å². The molecular formula is C12H16ClN3O3. The molecule has 104 valence electrons. The van der Waals surface area contributed by atoms with Gasteiger partial charge in [0.1, 0.15) is 5.60 Å². The Bertz CT molecular complexity index is 509. The number of amidine groups is 1. The quantitative estimate of drug-likeness (QED) is 0.337. The van der Waals surface area contributed by atoms with Gasteiger partial charge in [-0.15, -0.1) is 0 Å². The summed E-state index contributed by atoms with van der Waals surface area (Å²) in [7, 11) is 0. The zero-order valence-corrected chi connectivity index (χ0v) is 11.7. The second-order valence-electron chi connectivity index (χ2n) is 4.81. The molecule has 0 fully saturated rings. The van der Waals surface area contributed by atoms with Crippen LogP contribution in [0, 0.1) is 0 Å². The van der Waals surface area contributed by atoms with Crippen LogP contribution in [-0.4, -0.2) is 22.7 Å². The summed E-state index contributed by atoms with van der Waals surface area (Å²) < 4.78 is 5.10. The third kappa shape index (κ3) is 4.67. The molecular weight excluding hydrogens is 270 g/mol. The molecule has 7 heteroatoms. The number of halogens is 1. The lowest BCUT2D eigenvalue weighted by atomic mass is 10.2. The summed E-state index contributed by atoms with van der Waals surface area (Å²) in [5, 5.41) is 14.2. The minimum Gasteiger partial charge on any atom is -0.444 e. The molecule has 0 aliphatic carbocycles. The van der Waals surface area contributed by atoms with Crippen LogP contribution in [0.2, 0.25) is 5.02 Å². The van der Waals surface area contributed by atoms with E-state index < -0.39 is 11.7 Å². The van der Waals surface area contributed by atoms with E-state index in [0.29, 0.717) is 11.3 Å². The number of ether oxygens (including phenoxy) is 1. The second kappa shape index (κ2) is 5.79. The number of hydrogen-bond donors (Lipinski definition) is 3. The van der Waals surface area contributed by atoms with Crippen LogP contribution in [0.3, 0.4) is 0 Å². The number of carbonyl (C=O) groups excluding carboxylic acids is 1. The van der Waals surface area contributed by atoms with E-state index in [-0.39, 0.29) is 10.9 Å². The minimum absolute atomic E-state index is 0.0641. The van der Waals surface area contributed by atoms with E-state index in [0.717, 1.165) is 0 Å². The van der Waals surface area contributed by atoms with Gasteiger partial charge in [-0.3, -0.25) is 5.32 Å². The maximum Gasteiger partial charge on any atom is 0.412 e. The second-order valence-corrected chi connectivity index (χ2v) is 5.21. The number of oxime groups is 1. The molecule has 0 saturated heterocycles. The maximum absolute atomic E-state index is 11.6. The molecule has 0 saturated carbocycles. The summed E-state index contributed by atoms with van der Waals surface area (Å²) in [4.78, 5) is 11.6. The first-order valence-electron chi connectivity index (χ1n) is 5.50. The van der Waals surface area contributed by atoms with Gasteiger partial charge in [0, 0.05) is 5.56 Å². The molecule has 0 spiro atoms. The SMILES string of the molecule is CC(C)(C)OC(=O)Nc1ccc(/C(N)=N/O)cc1Cl. The fourth-order valence-electron chi connectivity index (χ4n) is 1.25. The maximum atomic E-state index is 11.6. The molecule has 1 aromatic carbocycles. The Morgan fingerprint density at radius 1 is 1.47 bits per heavy atom. The fraction of sp³-hybridized carbons (Fsp3) is 0.333. The molecule has 0 aliphatic heterocycles. The van der Waals surface area contributed by atoms with Crippen molar-refractivity contribution in [1.82, 2.24) is 0 Å². The van der Waals surface area contributed by atoms with Gasteiger partial charge in [-0.1, -0.05) is 16.8 Å². The Labute approximate surface area is 116 Å². The van der Waals surface area contributed by atoms with E-state index in [1.165, 1.54) is 6.07 Å². The van der Waals surface area contributed by atoms with Gasteiger partial charge in [0.2, 0.25) is 0 Å². The van der Waals surface area contributed by atoms with Gasteiger partial charge < -0.3 is 15.7 Å². The number of anilines is 1. The van der Waals surface area contributed by atoms with Crippen LogP contribution in [0.25, 0.3) is 0 Å². The number of hydrogen-bond acceptors (Lipinski definition) is 4. The highest BCUT2D eigenvalue weighted by Gasteiger charge is 2.17. The van der Waals surface area contributed by atoms with Crippen molar-refractivity contribution in [3.05, 3.63) is 28.8 Å². The lowest BCUT2D eigenvalue weighted by Gasteiger charge is -2.20. The molecule has 4 N–H and O–H groups in total. The van der Waals surface area contributed by atoms with Crippen molar-refractivity contribution in [3.63, 3.8) is 0 Å². The Kier molecular flexibility index (Phi) is 4.61. The molecule has 0 radical (unpaired) electrons. The van der Waals surface area contributed by atoms with E-state index in [4.69, 9.17) is 27.3 Å². The first-order chi connectivity index (χ1) is 8.73. The molecule has 19 heavy (non-hydrogen) atoms. The standard InChI is InChI=1S/C12H16ClN3O3/c1-12(2,3)19-11(17)15-9-5-4-7(6-8(9)13)10(14)16-18/h4-6,18H,1-3H3,(H2,14,16)(H,15,17). The van der Waals surface area contributed by atoms with Crippen molar-refractivity contribution in [2.45, 2.75) is 26.4 Å². The molecule has 1 rings (SSSR count). The summed E-state index contributed by atoms with van der Waals surface area (Å²) in [6.45, 7) is 5.28. The lowest BCUT2D eigenvalue weighted by molar-refractivity contribution is 0.0636. The van der Waals surface area contributed by atoms with E-state index in [2.05, 4.69) is 10.5 Å². The minimum atomic E-state index is -0.606. The van der Waals surface area contributed by atoms with Gasteiger partial charge in [-0.05, 0) is 39.0 Å². The zero-order valence-electron chi connectivity index (χ0n) is 10.9. The number of nitrogens with two attached hydrogens (primary N) is 1. The van der Waals surface area contributed by atoms with Gasteiger partial charge in [0.15, 0.2) is 5.84 Å². The molecule has 0 heterocycles. The Balaban J connectivity index is 2.84. The van der Waals surface area contributed by atoms with E-state index >= 15 is 0 Å². The lowest BCUT2D eigenvalue weighted by Crippen LogP contribution is -2.27. The molecule has 1 aromatic rings. The molecule has 0 aliphatic rings. The van der Waals surface area contributed by atoms with E-state index in [1.54, 1.807) is 32.9 Å². The van der Waals surface area contributed by atoms with Crippen LogP contribution in [0.4, 0.5) is 10.5 Å². The van der Waals surface area contributed by atoms with Crippen molar-refractivity contribution in [2.75, 3.05) is 5.32 Å². The highest BCUT2D eigenvalue weighted by Crippen LogP contribution is 2.23. The predicted octanol–water partition coefficient (Wildman–Crippen LogP) is 2.78. The average Bonchev–Trinajstić information content (AvgIpc) is 2.28. The van der Waals surface area contributed by atoms with Crippen LogP contribution < -0.4 is 11.1 Å². The molecule has 0 atom stereocenters.